The Morgan fingerprint density at radius 2 is 0.800 bits per heavy atom. The highest BCUT2D eigenvalue weighted by Gasteiger charge is 2.24. The molecule has 0 bridgehead atoms. The molecule has 9 aromatic carbocycles. The van der Waals surface area contributed by atoms with Crippen LogP contribution in [0.25, 0.3) is 82.2 Å². The van der Waals surface area contributed by atoms with Gasteiger partial charge in [0.1, 0.15) is 11.7 Å². The summed E-state index contributed by atoms with van der Waals surface area (Å²) >= 11 is 0. The molecule has 0 fully saturated rings. The Labute approximate surface area is 319 Å². The fraction of sp³-hybridized carbons (Fsp3) is 0.0192. The van der Waals surface area contributed by atoms with Crippen molar-refractivity contribution in [1.29, 1.82) is 0 Å². The number of nitrogens with one attached hydrogen (secondary N) is 1. The molecule has 0 saturated carbocycles. The molecule has 10 aromatic rings. The van der Waals surface area contributed by atoms with Gasteiger partial charge < -0.3 is 5.32 Å². The van der Waals surface area contributed by atoms with E-state index in [2.05, 4.69) is 210 Å². The van der Waals surface area contributed by atoms with E-state index in [0.29, 0.717) is 0 Å². The van der Waals surface area contributed by atoms with E-state index in [9.17, 15) is 0 Å². The van der Waals surface area contributed by atoms with Crippen LogP contribution in [0.1, 0.15) is 17.2 Å². The molecule has 11 rings (SSSR count). The van der Waals surface area contributed by atoms with Crippen LogP contribution in [0.4, 0.5) is 0 Å². The summed E-state index contributed by atoms with van der Waals surface area (Å²) < 4.78 is 2.36. The molecule has 1 aliphatic rings. The standard InChI is InChI=1S/C52H35N3/c1-4-14-34(15-5-1)37-25-28-49-46(30-37)47-31-38(35-16-6-2-7-17-35)26-29-50(47)55(49)51-33-48(36-18-8-3-9-19-36)53-52(54-51)39-24-27-44-42-22-11-10-20-40(42)41-21-12-13-23-43(41)45(44)32-39/h1-33,48H,(H,53,54). The molecule has 1 N–H and O–H groups in total. The van der Waals surface area contributed by atoms with Crippen molar-refractivity contribution < 1.29 is 0 Å². The van der Waals surface area contributed by atoms with Crippen LogP contribution in [0.2, 0.25) is 0 Å². The Bertz CT molecular complexity index is 3020. The third-order valence-electron chi connectivity index (χ3n) is 11.2. The van der Waals surface area contributed by atoms with Gasteiger partial charge in [-0.1, -0.05) is 164 Å². The first-order valence-electron chi connectivity index (χ1n) is 18.9. The Morgan fingerprint density at radius 3 is 1.35 bits per heavy atom. The predicted molar refractivity (Wildman–Crippen MR) is 232 cm³/mol. The molecule has 0 amide bonds. The highest BCUT2D eigenvalue weighted by atomic mass is 15.2. The van der Waals surface area contributed by atoms with Gasteiger partial charge in [-0.2, -0.15) is 0 Å². The van der Waals surface area contributed by atoms with E-state index in [1.165, 1.54) is 70.9 Å². The molecule has 1 aliphatic heterocycles. The summed E-state index contributed by atoms with van der Waals surface area (Å²) in [5, 5.41) is 13.8. The van der Waals surface area contributed by atoms with Gasteiger partial charge in [0, 0.05) is 16.3 Å². The van der Waals surface area contributed by atoms with Crippen LogP contribution in [0.3, 0.4) is 0 Å². The number of nitrogens with zero attached hydrogens (tertiary/aromatic N) is 2. The van der Waals surface area contributed by atoms with Gasteiger partial charge in [-0.15, -0.1) is 0 Å². The molecular weight excluding hydrogens is 667 g/mol. The lowest BCUT2D eigenvalue weighted by Crippen LogP contribution is -2.31. The Balaban J connectivity index is 1.15. The second-order valence-electron chi connectivity index (χ2n) is 14.4. The van der Waals surface area contributed by atoms with Crippen LogP contribution in [0.5, 0.6) is 0 Å². The van der Waals surface area contributed by atoms with Gasteiger partial charge >= 0.3 is 0 Å². The molecule has 0 saturated heterocycles. The van der Waals surface area contributed by atoms with E-state index in [1.54, 1.807) is 0 Å². The fourth-order valence-corrected chi connectivity index (χ4v) is 8.58. The van der Waals surface area contributed by atoms with E-state index in [1.807, 2.05) is 0 Å². The number of hydrogen-bond acceptors (Lipinski definition) is 2. The van der Waals surface area contributed by atoms with E-state index in [4.69, 9.17) is 4.99 Å². The van der Waals surface area contributed by atoms with Crippen LogP contribution >= 0.6 is 0 Å². The van der Waals surface area contributed by atoms with Crippen LogP contribution in [-0.2, 0) is 0 Å². The Hall–Kier alpha value is -7.23. The van der Waals surface area contributed by atoms with Gasteiger partial charge in [-0.25, -0.2) is 4.99 Å². The number of aromatic nitrogens is 1. The molecule has 2 heterocycles. The van der Waals surface area contributed by atoms with Gasteiger partial charge in [0.25, 0.3) is 0 Å². The minimum absolute atomic E-state index is 0.0903. The summed E-state index contributed by atoms with van der Waals surface area (Å²) in [6.07, 6.45) is 2.28. The number of benzene rings is 9. The second-order valence-corrected chi connectivity index (χ2v) is 14.4. The highest BCUT2D eigenvalue weighted by molar-refractivity contribution is 6.26. The molecule has 0 radical (unpaired) electrons. The zero-order valence-electron chi connectivity index (χ0n) is 30.0. The van der Waals surface area contributed by atoms with Crippen molar-refractivity contribution in [2.24, 2.45) is 4.99 Å². The number of rotatable bonds is 5. The lowest BCUT2D eigenvalue weighted by molar-refractivity contribution is 0.773. The maximum absolute atomic E-state index is 5.51. The van der Waals surface area contributed by atoms with Crippen molar-refractivity contribution in [1.82, 2.24) is 9.88 Å². The van der Waals surface area contributed by atoms with E-state index < -0.39 is 0 Å². The fourth-order valence-electron chi connectivity index (χ4n) is 8.58. The van der Waals surface area contributed by atoms with Crippen LogP contribution in [-0.4, -0.2) is 10.4 Å². The zero-order valence-corrected chi connectivity index (χ0v) is 30.0. The molecule has 1 atom stereocenters. The normalized spacial score (nSPS) is 14.4. The quantitative estimate of drug-likeness (QED) is 0.178. The van der Waals surface area contributed by atoms with Gasteiger partial charge in [-0.05, 0) is 96.5 Å². The summed E-state index contributed by atoms with van der Waals surface area (Å²) in [4.78, 5) is 5.51. The maximum Gasteiger partial charge on any atom is 0.138 e. The van der Waals surface area contributed by atoms with E-state index >= 15 is 0 Å². The number of hydrogen-bond donors (Lipinski definition) is 1. The van der Waals surface area contributed by atoms with Gasteiger partial charge in [-0.3, -0.25) is 4.57 Å². The predicted octanol–water partition coefficient (Wildman–Crippen LogP) is 13.2. The summed E-state index contributed by atoms with van der Waals surface area (Å²) in [7, 11) is 0. The minimum atomic E-state index is -0.0903. The summed E-state index contributed by atoms with van der Waals surface area (Å²) in [5.74, 6) is 1.74. The highest BCUT2D eigenvalue weighted by Crippen LogP contribution is 2.40. The molecular formula is C52H35N3. The van der Waals surface area contributed by atoms with Crippen molar-refractivity contribution in [2.45, 2.75) is 6.04 Å². The molecule has 258 valence electrons. The van der Waals surface area contributed by atoms with Crippen molar-refractivity contribution in [3.8, 4) is 22.3 Å². The maximum atomic E-state index is 5.51. The first kappa shape index (κ1) is 31.3. The average Bonchev–Trinajstić information content (AvgIpc) is 3.60. The number of aliphatic imine (C=N–C) groups is 1. The lowest BCUT2D eigenvalue weighted by Gasteiger charge is -2.25. The molecule has 3 nitrogen and oxygen atoms in total. The minimum Gasteiger partial charge on any atom is -0.359 e. The van der Waals surface area contributed by atoms with E-state index in [0.717, 1.165) is 28.3 Å². The van der Waals surface area contributed by atoms with Gasteiger partial charge in [0.2, 0.25) is 0 Å². The van der Waals surface area contributed by atoms with Crippen LogP contribution < -0.4 is 5.32 Å². The molecule has 1 unspecified atom stereocenters. The van der Waals surface area contributed by atoms with E-state index in [-0.39, 0.29) is 6.04 Å². The summed E-state index contributed by atoms with van der Waals surface area (Å²) in [6, 6.07) is 69.9. The number of fused-ring (bicyclic) bond motifs is 9. The van der Waals surface area contributed by atoms with Gasteiger partial charge in [0.05, 0.1) is 17.1 Å². The third kappa shape index (κ3) is 5.24. The van der Waals surface area contributed by atoms with Crippen molar-refractivity contribution in [3.05, 3.63) is 211 Å². The second kappa shape index (κ2) is 12.7. The zero-order chi connectivity index (χ0) is 36.3. The van der Waals surface area contributed by atoms with Gasteiger partial charge in [0.15, 0.2) is 0 Å². The summed E-state index contributed by atoms with van der Waals surface area (Å²) in [6.45, 7) is 0. The van der Waals surface area contributed by atoms with Crippen molar-refractivity contribution in [2.75, 3.05) is 0 Å². The SMILES string of the molecule is C1=C(n2c3ccc(-c4ccccc4)cc3c3cc(-c4ccccc4)ccc32)N=C(c2ccc3c4ccccc4c4ccccc4c3c2)NC1c1ccccc1. The molecule has 55 heavy (non-hydrogen) atoms. The van der Waals surface area contributed by atoms with Crippen LogP contribution in [0, 0.1) is 0 Å². The molecule has 0 spiro atoms. The molecule has 3 heteroatoms. The molecule has 1 aromatic heterocycles. The van der Waals surface area contributed by atoms with Crippen molar-refractivity contribution >= 4 is 65.8 Å². The largest absolute Gasteiger partial charge is 0.359 e. The first-order chi connectivity index (χ1) is 27.3. The average molecular weight is 702 g/mol. The Morgan fingerprint density at radius 1 is 0.364 bits per heavy atom. The summed E-state index contributed by atoms with van der Waals surface area (Å²) in [5.41, 5.74) is 9.27. The topological polar surface area (TPSA) is 29.3 Å². The van der Waals surface area contributed by atoms with Crippen LogP contribution in [0.15, 0.2) is 205 Å². The smallest absolute Gasteiger partial charge is 0.138 e. The molecule has 0 aliphatic carbocycles. The Kier molecular flexibility index (Phi) is 7.24. The lowest BCUT2D eigenvalue weighted by atomic mass is 9.93. The third-order valence-corrected chi connectivity index (χ3v) is 11.2. The number of amidine groups is 1. The monoisotopic (exact) mass is 701 g/mol. The first-order valence-corrected chi connectivity index (χ1v) is 18.9. The van der Waals surface area contributed by atoms with Crippen molar-refractivity contribution in [3.63, 3.8) is 0 Å².